The summed E-state index contributed by atoms with van der Waals surface area (Å²) >= 11 is 3.17. The molecule has 5 nitrogen and oxygen atoms in total. The van der Waals surface area contributed by atoms with Crippen LogP contribution in [0.2, 0.25) is 0 Å². The quantitative estimate of drug-likeness (QED) is 0.602. The van der Waals surface area contributed by atoms with Crippen molar-refractivity contribution in [1.82, 2.24) is 20.1 Å². The van der Waals surface area contributed by atoms with Crippen LogP contribution < -0.4 is 5.32 Å². The van der Waals surface area contributed by atoms with E-state index >= 15 is 0 Å². The van der Waals surface area contributed by atoms with Gasteiger partial charge >= 0.3 is 0 Å². The molecule has 144 valence electrons. The Balaban J connectivity index is 1.27. The van der Waals surface area contributed by atoms with Gasteiger partial charge in [-0.2, -0.15) is 0 Å². The maximum absolute atomic E-state index is 12.6. The van der Waals surface area contributed by atoms with Crippen LogP contribution in [-0.2, 0) is 11.2 Å². The number of fused-ring (bicyclic) bond motifs is 1. The summed E-state index contributed by atoms with van der Waals surface area (Å²) in [4.78, 5) is 13.8. The fourth-order valence-corrected chi connectivity index (χ4v) is 5.40. The maximum atomic E-state index is 12.6. The normalized spacial score (nSPS) is 18.6. The second-order valence-corrected chi connectivity index (χ2v) is 9.27. The predicted octanol–water partition coefficient (Wildman–Crippen LogP) is 4.63. The fraction of sp³-hybridized carbons (Fsp3) is 0.381. The Morgan fingerprint density at radius 2 is 2.07 bits per heavy atom. The highest BCUT2D eigenvalue weighted by molar-refractivity contribution is 7.99. The molecule has 0 radical (unpaired) electrons. The molecule has 2 aliphatic rings. The van der Waals surface area contributed by atoms with Crippen LogP contribution in [0.5, 0.6) is 0 Å². The molecule has 0 bridgehead atoms. The van der Waals surface area contributed by atoms with Gasteiger partial charge in [-0.3, -0.25) is 9.36 Å². The molecule has 1 atom stereocenters. The predicted molar refractivity (Wildman–Crippen MR) is 113 cm³/mol. The highest BCUT2D eigenvalue weighted by atomic mass is 32.2. The maximum Gasteiger partial charge on any atom is 0.230 e. The van der Waals surface area contributed by atoms with E-state index in [0.29, 0.717) is 11.8 Å². The second-order valence-electron chi connectivity index (χ2n) is 7.38. The fourth-order valence-electron chi connectivity index (χ4n) is 3.88. The summed E-state index contributed by atoms with van der Waals surface area (Å²) in [5.41, 5.74) is 2.63. The largest absolute Gasteiger partial charge is 0.349 e. The zero-order valence-electron chi connectivity index (χ0n) is 15.5. The third-order valence-electron chi connectivity index (χ3n) is 5.36. The highest BCUT2D eigenvalue weighted by Gasteiger charge is 2.31. The number of hydrogen-bond donors (Lipinski definition) is 1. The van der Waals surface area contributed by atoms with Crippen LogP contribution in [0.4, 0.5) is 0 Å². The van der Waals surface area contributed by atoms with Crippen LogP contribution >= 0.6 is 23.1 Å². The Kier molecular flexibility index (Phi) is 4.94. The molecule has 2 aliphatic carbocycles. The third-order valence-corrected chi connectivity index (χ3v) is 7.16. The Labute approximate surface area is 172 Å². The van der Waals surface area contributed by atoms with Crippen LogP contribution in [0.15, 0.2) is 46.9 Å². The van der Waals surface area contributed by atoms with E-state index in [1.165, 1.54) is 22.9 Å². The molecule has 1 aromatic carbocycles. The van der Waals surface area contributed by atoms with E-state index in [9.17, 15) is 4.79 Å². The zero-order chi connectivity index (χ0) is 18.9. The molecule has 0 saturated heterocycles. The number of aryl methyl sites for hydroxylation is 1. The number of benzene rings is 1. The SMILES string of the molecule is O=C(CSc1nnc(-c2cccs2)n1C1CC1)N[C@H]1CCCc2ccccc21. The molecule has 28 heavy (non-hydrogen) atoms. The first kappa shape index (κ1) is 17.9. The lowest BCUT2D eigenvalue weighted by molar-refractivity contribution is -0.119. The van der Waals surface area contributed by atoms with Gasteiger partial charge in [0.2, 0.25) is 5.91 Å². The lowest BCUT2D eigenvalue weighted by Gasteiger charge is -2.26. The molecule has 0 aliphatic heterocycles. The molecule has 0 unspecified atom stereocenters. The summed E-state index contributed by atoms with van der Waals surface area (Å²) in [6, 6.07) is 13.2. The van der Waals surface area contributed by atoms with Gasteiger partial charge in [-0.25, -0.2) is 0 Å². The molecule has 0 spiro atoms. The van der Waals surface area contributed by atoms with E-state index in [-0.39, 0.29) is 11.9 Å². The first-order valence-corrected chi connectivity index (χ1v) is 11.6. The van der Waals surface area contributed by atoms with Gasteiger partial charge in [0.1, 0.15) is 0 Å². The van der Waals surface area contributed by atoms with Crippen molar-refractivity contribution in [2.24, 2.45) is 0 Å². The van der Waals surface area contributed by atoms with Gasteiger partial charge in [0.05, 0.1) is 16.7 Å². The van der Waals surface area contributed by atoms with Crippen LogP contribution in [0.25, 0.3) is 10.7 Å². The van der Waals surface area contributed by atoms with Crippen molar-refractivity contribution >= 4 is 29.0 Å². The topological polar surface area (TPSA) is 59.8 Å². The van der Waals surface area contributed by atoms with Gasteiger partial charge in [0.15, 0.2) is 11.0 Å². The first-order valence-electron chi connectivity index (χ1n) is 9.78. The van der Waals surface area contributed by atoms with Crippen molar-refractivity contribution in [3.63, 3.8) is 0 Å². The van der Waals surface area contributed by atoms with Gasteiger partial charge in [0, 0.05) is 6.04 Å². The van der Waals surface area contributed by atoms with Gasteiger partial charge < -0.3 is 5.32 Å². The molecular formula is C21H22N4OS2. The number of rotatable bonds is 6. The zero-order valence-corrected chi connectivity index (χ0v) is 17.1. The van der Waals surface area contributed by atoms with Gasteiger partial charge in [-0.05, 0) is 54.7 Å². The molecule has 7 heteroatoms. The van der Waals surface area contributed by atoms with Crippen LogP contribution in [0.3, 0.4) is 0 Å². The number of hydrogen-bond acceptors (Lipinski definition) is 5. The molecule has 1 fully saturated rings. The van der Waals surface area contributed by atoms with Crippen molar-refractivity contribution in [1.29, 1.82) is 0 Å². The summed E-state index contributed by atoms with van der Waals surface area (Å²) in [6.07, 6.45) is 5.56. The number of aromatic nitrogens is 3. The molecule has 1 N–H and O–H groups in total. The monoisotopic (exact) mass is 410 g/mol. The van der Waals surface area contributed by atoms with E-state index < -0.39 is 0 Å². The molecular weight excluding hydrogens is 388 g/mol. The summed E-state index contributed by atoms with van der Waals surface area (Å²) in [7, 11) is 0. The molecule has 1 amide bonds. The van der Waals surface area contributed by atoms with Crippen molar-refractivity contribution < 1.29 is 4.79 Å². The smallest absolute Gasteiger partial charge is 0.230 e. The number of thiophene rings is 1. The van der Waals surface area contributed by atoms with Crippen molar-refractivity contribution in [2.45, 2.75) is 49.3 Å². The standard InChI is InChI=1S/C21H22N4OS2/c26-19(22-17-8-3-6-14-5-1-2-7-16(14)17)13-28-21-24-23-20(18-9-4-12-27-18)25(21)15-10-11-15/h1-2,4-5,7,9,12,15,17H,3,6,8,10-11,13H2,(H,22,26)/t17-/m0/s1. The number of amides is 1. The number of carbonyl (C=O) groups is 1. The van der Waals surface area contributed by atoms with Crippen molar-refractivity contribution in [2.75, 3.05) is 5.75 Å². The molecule has 2 heterocycles. The van der Waals surface area contributed by atoms with E-state index in [0.717, 1.165) is 48.0 Å². The Morgan fingerprint density at radius 1 is 1.18 bits per heavy atom. The minimum absolute atomic E-state index is 0.0646. The van der Waals surface area contributed by atoms with Crippen LogP contribution in [0, 0.1) is 0 Å². The van der Waals surface area contributed by atoms with E-state index in [2.05, 4.69) is 55.8 Å². The summed E-state index contributed by atoms with van der Waals surface area (Å²) in [6.45, 7) is 0. The number of carbonyl (C=O) groups excluding carboxylic acids is 1. The first-order chi connectivity index (χ1) is 13.8. The lowest BCUT2D eigenvalue weighted by atomic mass is 9.88. The van der Waals surface area contributed by atoms with E-state index in [1.807, 2.05) is 6.07 Å². The van der Waals surface area contributed by atoms with Crippen LogP contribution in [-0.4, -0.2) is 26.4 Å². The number of thioether (sulfide) groups is 1. The minimum atomic E-state index is 0.0646. The summed E-state index contributed by atoms with van der Waals surface area (Å²) in [5.74, 6) is 1.37. The van der Waals surface area contributed by atoms with Crippen molar-refractivity contribution in [3.8, 4) is 10.7 Å². The van der Waals surface area contributed by atoms with Gasteiger partial charge in [-0.15, -0.1) is 21.5 Å². The average molecular weight is 411 g/mol. The molecule has 3 aromatic rings. The van der Waals surface area contributed by atoms with Gasteiger partial charge in [0.25, 0.3) is 0 Å². The molecule has 2 aromatic heterocycles. The number of nitrogens with zero attached hydrogens (tertiary/aromatic N) is 3. The number of nitrogens with one attached hydrogen (secondary N) is 1. The summed E-state index contributed by atoms with van der Waals surface area (Å²) < 4.78 is 2.22. The Hall–Kier alpha value is -2.12. The Bertz CT molecular complexity index is 978. The lowest BCUT2D eigenvalue weighted by Crippen LogP contribution is -2.32. The van der Waals surface area contributed by atoms with E-state index in [1.54, 1.807) is 11.3 Å². The highest BCUT2D eigenvalue weighted by Crippen LogP contribution is 2.41. The van der Waals surface area contributed by atoms with Crippen LogP contribution in [0.1, 0.15) is 48.9 Å². The van der Waals surface area contributed by atoms with Gasteiger partial charge in [-0.1, -0.05) is 42.1 Å². The van der Waals surface area contributed by atoms with E-state index in [4.69, 9.17) is 0 Å². The minimum Gasteiger partial charge on any atom is -0.349 e. The average Bonchev–Trinajstić information content (AvgIpc) is 3.24. The Morgan fingerprint density at radius 3 is 2.89 bits per heavy atom. The second kappa shape index (κ2) is 7.72. The van der Waals surface area contributed by atoms with Crippen molar-refractivity contribution in [3.05, 3.63) is 52.9 Å². The molecule has 5 rings (SSSR count). The molecule has 1 saturated carbocycles. The third kappa shape index (κ3) is 3.61. The summed E-state index contributed by atoms with van der Waals surface area (Å²) in [5, 5.41) is 14.9.